The number of amides is 1. The summed E-state index contributed by atoms with van der Waals surface area (Å²) in [4.78, 5) is 13.6. The first-order chi connectivity index (χ1) is 17.3. The fourth-order valence-electron chi connectivity index (χ4n) is 4.02. The fraction of sp³-hybridized carbons (Fsp3) is 0.552. The van der Waals surface area contributed by atoms with Gasteiger partial charge in [-0.15, -0.1) is 0 Å². The summed E-state index contributed by atoms with van der Waals surface area (Å²) in [5.74, 6) is 2.93. The van der Waals surface area contributed by atoms with E-state index in [0.717, 1.165) is 35.7 Å². The molecule has 0 saturated carbocycles. The van der Waals surface area contributed by atoms with Crippen LogP contribution in [0.15, 0.2) is 33.2 Å². The Bertz CT molecular complexity index is 1040. The molecule has 8 heteroatoms. The van der Waals surface area contributed by atoms with Gasteiger partial charge in [-0.25, -0.2) is 4.79 Å². The predicted molar refractivity (Wildman–Crippen MR) is 156 cm³/mol. The van der Waals surface area contributed by atoms with E-state index < -0.39 is 5.60 Å². The van der Waals surface area contributed by atoms with Crippen LogP contribution in [0.1, 0.15) is 43.0 Å². The minimum absolute atomic E-state index is 0.237. The van der Waals surface area contributed by atoms with Crippen LogP contribution < -0.4 is 14.8 Å². The highest BCUT2D eigenvalue weighted by molar-refractivity contribution is 9.10. The molecule has 0 bridgehead atoms. The van der Waals surface area contributed by atoms with Crippen LogP contribution in [0.5, 0.6) is 11.5 Å². The van der Waals surface area contributed by atoms with Gasteiger partial charge in [0.2, 0.25) is 0 Å². The van der Waals surface area contributed by atoms with Crippen molar-refractivity contribution in [2.45, 2.75) is 54.1 Å². The van der Waals surface area contributed by atoms with Gasteiger partial charge in [0.25, 0.3) is 0 Å². The molecule has 0 aromatic heterocycles. The minimum atomic E-state index is -0.439. The van der Waals surface area contributed by atoms with E-state index in [9.17, 15) is 4.79 Å². The second-order valence-corrected chi connectivity index (χ2v) is 12.7. The fourth-order valence-corrected chi connectivity index (χ4v) is 4.48. The molecule has 2 aromatic rings. The molecule has 2 aliphatic rings. The van der Waals surface area contributed by atoms with Crippen LogP contribution in [-0.2, 0) is 4.74 Å². The van der Waals surface area contributed by atoms with Crippen LogP contribution in [0.4, 0.5) is 4.79 Å². The van der Waals surface area contributed by atoms with Gasteiger partial charge in [0.15, 0.2) is 0 Å². The van der Waals surface area contributed by atoms with Crippen molar-refractivity contribution in [2.24, 2.45) is 11.8 Å². The molecule has 2 fully saturated rings. The van der Waals surface area contributed by atoms with E-state index in [0.29, 0.717) is 31.5 Å². The number of hydrogen-bond acceptors (Lipinski definition) is 5. The number of ether oxygens (including phenoxy) is 3. The summed E-state index contributed by atoms with van der Waals surface area (Å²) >= 11 is 7.10. The lowest BCUT2D eigenvalue weighted by atomic mass is 10.0. The zero-order valence-corrected chi connectivity index (χ0v) is 26.2. The molecule has 37 heavy (non-hydrogen) atoms. The quantitative estimate of drug-likeness (QED) is 0.370. The lowest BCUT2D eigenvalue weighted by molar-refractivity contribution is -0.00781. The molecule has 204 valence electrons. The van der Waals surface area contributed by atoms with Gasteiger partial charge in [-0.05, 0) is 95.0 Å². The number of nitrogens with one attached hydrogen (secondary N) is 1. The summed E-state index contributed by atoms with van der Waals surface area (Å²) in [6.07, 6.45) is -0.237. The Labute approximate surface area is 238 Å². The minimum Gasteiger partial charge on any atom is -0.493 e. The molecule has 1 N–H and O–H groups in total. The number of carbonyl (C=O) groups excluding carboxylic acids is 1. The average Bonchev–Trinajstić information content (AvgIpc) is 2.72. The molecule has 2 saturated heterocycles. The van der Waals surface area contributed by atoms with Crippen molar-refractivity contribution in [3.05, 3.63) is 55.5 Å². The van der Waals surface area contributed by atoms with Crippen LogP contribution in [-0.4, -0.2) is 56.0 Å². The zero-order valence-electron chi connectivity index (χ0n) is 23.0. The molecule has 0 spiro atoms. The summed E-state index contributed by atoms with van der Waals surface area (Å²) in [6.45, 7) is 19.0. The number of halogens is 2. The summed E-state index contributed by atoms with van der Waals surface area (Å²) in [5, 5.41) is 3.24. The van der Waals surface area contributed by atoms with Gasteiger partial charge in [0.05, 0.1) is 13.2 Å². The molecule has 4 rings (SSSR count). The Balaban J connectivity index is 0.000000220. The molecule has 2 aromatic carbocycles. The molecule has 1 amide bonds. The maximum atomic E-state index is 11.8. The molecule has 0 atom stereocenters. The van der Waals surface area contributed by atoms with Crippen molar-refractivity contribution in [3.8, 4) is 11.5 Å². The van der Waals surface area contributed by atoms with Gasteiger partial charge < -0.3 is 24.4 Å². The number of nitrogens with zero attached hydrogens (tertiary/aromatic N) is 1. The van der Waals surface area contributed by atoms with Crippen LogP contribution in [0.2, 0.25) is 0 Å². The lowest BCUT2D eigenvalue weighted by Gasteiger charge is -2.39. The third-order valence-electron chi connectivity index (χ3n) is 6.27. The number of aryl methyl sites for hydroxylation is 4. The molecular formula is C29H40Br2N2O4. The van der Waals surface area contributed by atoms with Crippen LogP contribution in [0, 0.1) is 39.5 Å². The number of benzene rings is 2. The summed E-state index contributed by atoms with van der Waals surface area (Å²) in [7, 11) is 0. The molecule has 0 unspecified atom stereocenters. The second kappa shape index (κ2) is 12.9. The standard InChI is InChI=1S/C17H24BrNO3.C12H16BrNO/c1-11-6-14(7-12(2)15(11)18)21-10-13-8-19(9-13)16(20)22-17(3,4)5;1-8-3-11(4-9(2)12(8)13)15-7-10-5-14-6-10/h6-7,13H,8-10H2,1-5H3;3-4,10,14H,5-7H2,1-2H3. The van der Waals surface area contributed by atoms with Crippen LogP contribution >= 0.6 is 31.9 Å². The summed E-state index contributed by atoms with van der Waals surface area (Å²) in [6, 6.07) is 8.23. The van der Waals surface area contributed by atoms with Gasteiger partial charge >= 0.3 is 6.09 Å². The smallest absolute Gasteiger partial charge is 0.410 e. The molecule has 0 radical (unpaired) electrons. The largest absolute Gasteiger partial charge is 0.493 e. The van der Waals surface area contributed by atoms with Gasteiger partial charge in [0.1, 0.15) is 17.1 Å². The topological polar surface area (TPSA) is 60.0 Å². The Kier molecular flexibility index (Phi) is 10.3. The SMILES string of the molecule is Cc1cc(OCC2CN(C(=O)OC(C)(C)C)C2)cc(C)c1Br.Cc1cc(OCC2CNC2)cc(C)c1Br. The highest BCUT2D eigenvalue weighted by atomic mass is 79.9. The number of carbonyl (C=O) groups is 1. The highest BCUT2D eigenvalue weighted by Gasteiger charge is 2.34. The molecular weight excluding hydrogens is 600 g/mol. The first kappa shape index (κ1) is 29.8. The van der Waals surface area contributed by atoms with Crippen molar-refractivity contribution in [3.63, 3.8) is 0 Å². The first-order valence-electron chi connectivity index (χ1n) is 12.8. The van der Waals surface area contributed by atoms with Crippen molar-refractivity contribution < 1.29 is 19.0 Å². The molecule has 0 aliphatic carbocycles. The molecule has 2 aliphatic heterocycles. The van der Waals surface area contributed by atoms with Crippen LogP contribution in [0.25, 0.3) is 0 Å². The monoisotopic (exact) mass is 638 g/mol. The number of likely N-dealkylation sites (tertiary alicyclic amines) is 1. The second-order valence-electron chi connectivity index (χ2n) is 11.1. The van der Waals surface area contributed by atoms with Gasteiger partial charge in [-0.3, -0.25) is 0 Å². The lowest BCUT2D eigenvalue weighted by Crippen LogP contribution is -2.53. The van der Waals surface area contributed by atoms with Gasteiger partial charge in [-0.1, -0.05) is 31.9 Å². The normalized spacial score (nSPS) is 15.8. The van der Waals surface area contributed by atoms with Crippen molar-refractivity contribution in [2.75, 3.05) is 39.4 Å². The predicted octanol–water partition coefficient (Wildman–Crippen LogP) is 6.98. The van der Waals surface area contributed by atoms with Crippen molar-refractivity contribution >= 4 is 38.0 Å². The third kappa shape index (κ3) is 8.89. The maximum Gasteiger partial charge on any atom is 0.410 e. The van der Waals surface area contributed by atoms with E-state index in [4.69, 9.17) is 14.2 Å². The average molecular weight is 640 g/mol. The van der Waals surface area contributed by atoms with E-state index in [-0.39, 0.29) is 6.09 Å². The van der Waals surface area contributed by atoms with E-state index in [1.54, 1.807) is 4.90 Å². The van der Waals surface area contributed by atoms with E-state index in [1.165, 1.54) is 26.7 Å². The summed E-state index contributed by atoms with van der Waals surface area (Å²) in [5.41, 5.74) is 4.36. The maximum absolute atomic E-state index is 11.8. The van der Waals surface area contributed by atoms with Crippen molar-refractivity contribution in [1.82, 2.24) is 10.2 Å². The zero-order chi connectivity index (χ0) is 27.3. The number of hydrogen-bond donors (Lipinski definition) is 1. The summed E-state index contributed by atoms with van der Waals surface area (Å²) < 4.78 is 19.3. The number of rotatable bonds is 6. The van der Waals surface area contributed by atoms with Gasteiger partial charge in [0, 0.05) is 47.0 Å². The van der Waals surface area contributed by atoms with Crippen LogP contribution in [0.3, 0.4) is 0 Å². The van der Waals surface area contributed by atoms with Gasteiger partial charge in [-0.2, -0.15) is 0 Å². The third-order valence-corrected chi connectivity index (χ3v) is 8.77. The first-order valence-corrected chi connectivity index (χ1v) is 14.4. The Morgan fingerprint density at radius 2 is 1.24 bits per heavy atom. The van der Waals surface area contributed by atoms with E-state index in [1.807, 2.05) is 32.9 Å². The Morgan fingerprint density at radius 3 is 1.59 bits per heavy atom. The van der Waals surface area contributed by atoms with E-state index >= 15 is 0 Å². The highest BCUT2D eigenvalue weighted by Crippen LogP contribution is 2.28. The van der Waals surface area contributed by atoms with Crippen molar-refractivity contribution in [1.29, 1.82) is 0 Å². The Hall–Kier alpha value is -1.77. The van der Waals surface area contributed by atoms with E-state index in [2.05, 4.69) is 77.0 Å². The molecule has 6 nitrogen and oxygen atoms in total. The molecule has 2 heterocycles. The Morgan fingerprint density at radius 1 is 0.838 bits per heavy atom.